The van der Waals surface area contributed by atoms with Crippen LogP contribution in [0.25, 0.3) is 0 Å². The van der Waals surface area contributed by atoms with E-state index in [2.05, 4.69) is 41.5 Å². The van der Waals surface area contributed by atoms with Crippen molar-refractivity contribution in [2.75, 3.05) is 31.9 Å². The average molecular weight is 257 g/mol. The van der Waals surface area contributed by atoms with E-state index in [9.17, 15) is 0 Å². The lowest BCUT2D eigenvalue weighted by Crippen LogP contribution is -2.43. The molecule has 3 heteroatoms. The fourth-order valence-corrected chi connectivity index (χ4v) is 2.42. The summed E-state index contributed by atoms with van der Waals surface area (Å²) in [6, 6.07) is 8.18. The Bertz CT molecular complexity index is 448. The number of hydrogen-bond acceptors (Lipinski definition) is 3. The van der Waals surface area contributed by atoms with E-state index in [0.717, 1.165) is 38.3 Å². The Kier molecular flexibility index (Phi) is 4.63. The van der Waals surface area contributed by atoms with E-state index in [-0.39, 0.29) is 0 Å². The maximum Gasteiger partial charge on any atom is 0.0384 e. The van der Waals surface area contributed by atoms with Gasteiger partial charge in [-0.15, -0.1) is 0 Å². The summed E-state index contributed by atoms with van der Waals surface area (Å²) in [7, 11) is 0. The van der Waals surface area contributed by atoms with Crippen LogP contribution in [0.1, 0.15) is 12.5 Å². The number of nitrogens with zero attached hydrogens (tertiary/aromatic N) is 2. The highest BCUT2D eigenvalue weighted by atomic mass is 15.3. The fraction of sp³-hybridized carbons (Fsp3) is 0.375. The summed E-state index contributed by atoms with van der Waals surface area (Å²) in [6.07, 6.45) is 5.18. The van der Waals surface area contributed by atoms with Crippen molar-refractivity contribution in [3.8, 4) is 0 Å². The van der Waals surface area contributed by atoms with Gasteiger partial charge in [-0.2, -0.15) is 0 Å². The second kappa shape index (κ2) is 6.43. The molecule has 0 atom stereocenters. The van der Waals surface area contributed by atoms with E-state index in [1.54, 1.807) is 0 Å². The largest absolute Gasteiger partial charge is 0.399 e. The SMILES string of the molecule is C=CN1CCN(CCc2ccc(N)cc2)C/C1=C/C. The summed E-state index contributed by atoms with van der Waals surface area (Å²) in [5, 5.41) is 0. The molecule has 1 aliphatic heterocycles. The van der Waals surface area contributed by atoms with Crippen molar-refractivity contribution in [2.24, 2.45) is 0 Å². The van der Waals surface area contributed by atoms with Crippen molar-refractivity contribution in [3.63, 3.8) is 0 Å². The normalized spacial score (nSPS) is 18.8. The second-order valence-corrected chi connectivity index (χ2v) is 4.92. The quantitative estimate of drug-likeness (QED) is 0.841. The number of piperazine rings is 1. The average Bonchev–Trinajstić information content (AvgIpc) is 2.46. The van der Waals surface area contributed by atoms with E-state index >= 15 is 0 Å². The van der Waals surface area contributed by atoms with Crippen LogP contribution in [-0.4, -0.2) is 36.0 Å². The standard InChI is InChI=1S/C16H23N3/c1-3-16-13-18(11-12-19(16)4-2)10-9-14-5-7-15(17)8-6-14/h3-8H,2,9-13,17H2,1H3/b16-3-. The van der Waals surface area contributed by atoms with Crippen molar-refractivity contribution >= 4 is 5.69 Å². The third-order valence-electron chi connectivity index (χ3n) is 3.66. The van der Waals surface area contributed by atoms with Crippen molar-refractivity contribution in [1.82, 2.24) is 9.80 Å². The van der Waals surface area contributed by atoms with E-state index < -0.39 is 0 Å². The molecule has 1 aliphatic rings. The smallest absolute Gasteiger partial charge is 0.0384 e. The Morgan fingerprint density at radius 2 is 2.00 bits per heavy atom. The first-order valence-corrected chi connectivity index (χ1v) is 6.84. The van der Waals surface area contributed by atoms with Crippen LogP contribution in [0, 0.1) is 0 Å². The fourth-order valence-electron chi connectivity index (χ4n) is 2.42. The maximum atomic E-state index is 5.70. The molecule has 1 heterocycles. The molecule has 0 bridgehead atoms. The number of nitrogens with two attached hydrogens (primary N) is 1. The lowest BCUT2D eigenvalue weighted by Gasteiger charge is -2.36. The number of rotatable bonds is 4. The molecule has 0 radical (unpaired) electrons. The van der Waals surface area contributed by atoms with Gasteiger partial charge >= 0.3 is 0 Å². The maximum absolute atomic E-state index is 5.70. The molecule has 19 heavy (non-hydrogen) atoms. The summed E-state index contributed by atoms with van der Waals surface area (Å²) in [4.78, 5) is 4.73. The number of benzene rings is 1. The summed E-state index contributed by atoms with van der Waals surface area (Å²) in [5.41, 5.74) is 9.23. The number of allylic oxidation sites excluding steroid dienone is 1. The molecule has 0 amide bonds. The van der Waals surface area contributed by atoms with Gasteiger partial charge in [0.1, 0.15) is 0 Å². The predicted molar refractivity (Wildman–Crippen MR) is 81.7 cm³/mol. The van der Waals surface area contributed by atoms with Gasteiger partial charge in [-0.3, -0.25) is 4.90 Å². The molecule has 3 nitrogen and oxygen atoms in total. The summed E-state index contributed by atoms with van der Waals surface area (Å²) < 4.78 is 0. The highest BCUT2D eigenvalue weighted by molar-refractivity contribution is 5.39. The van der Waals surface area contributed by atoms with Crippen molar-refractivity contribution < 1.29 is 0 Å². The van der Waals surface area contributed by atoms with Crippen LogP contribution in [-0.2, 0) is 6.42 Å². The van der Waals surface area contributed by atoms with Crippen LogP contribution in [0.15, 0.2) is 48.8 Å². The summed E-state index contributed by atoms with van der Waals surface area (Å²) in [5.74, 6) is 0. The zero-order valence-corrected chi connectivity index (χ0v) is 11.7. The molecule has 0 saturated carbocycles. The van der Waals surface area contributed by atoms with Gasteiger partial charge in [-0.05, 0) is 37.2 Å². The van der Waals surface area contributed by atoms with E-state index in [1.165, 1.54) is 11.3 Å². The second-order valence-electron chi connectivity index (χ2n) is 4.92. The van der Waals surface area contributed by atoms with Crippen LogP contribution < -0.4 is 5.73 Å². The van der Waals surface area contributed by atoms with Gasteiger partial charge in [-0.1, -0.05) is 24.8 Å². The third kappa shape index (κ3) is 3.61. The zero-order valence-electron chi connectivity index (χ0n) is 11.7. The third-order valence-corrected chi connectivity index (χ3v) is 3.66. The molecule has 102 valence electrons. The van der Waals surface area contributed by atoms with Crippen molar-refractivity contribution in [1.29, 1.82) is 0 Å². The van der Waals surface area contributed by atoms with E-state index in [4.69, 9.17) is 5.73 Å². The molecule has 2 rings (SSSR count). The van der Waals surface area contributed by atoms with Crippen molar-refractivity contribution in [2.45, 2.75) is 13.3 Å². The monoisotopic (exact) mass is 257 g/mol. The first-order valence-electron chi connectivity index (χ1n) is 6.84. The molecule has 0 spiro atoms. The molecule has 1 aromatic rings. The lowest BCUT2D eigenvalue weighted by molar-refractivity contribution is 0.210. The molecule has 1 fully saturated rings. The first-order chi connectivity index (χ1) is 9.22. The molecular formula is C16H23N3. The van der Waals surface area contributed by atoms with Crippen LogP contribution >= 0.6 is 0 Å². The minimum atomic E-state index is 0.833. The zero-order chi connectivity index (χ0) is 13.7. The van der Waals surface area contributed by atoms with E-state index in [1.807, 2.05) is 18.3 Å². The van der Waals surface area contributed by atoms with Gasteiger partial charge in [0.05, 0.1) is 0 Å². The van der Waals surface area contributed by atoms with Crippen LogP contribution in [0.3, 0.4) is 0 Å². The van der Waals surface area contributed by atoms with Gasteiger partial charge < -0.3 is 10.6 Å². The minimum Gasteiger partial charge on any atom is -0.399 e. The van der Waals surface area contributed by atoms with Crippen LogP contribution in [0.4, 0.5) is 5.69 Å². The van der Waals surface area contributed by atoms with Gasteiger partial charge in [0, 0.05) is 37.6 Å². The Hall–Kier alpha value is -1.74. The molecular weight excluding hydrogens is 234 g/mol. The van der Waals surface area contributed by atoms with E-state index in [0.29, 0.717) is 0 Å². The highest BCUT2D eigenvalue weighted by Crippen LogP contribution is 2.14. The molecule has 1 saturated heterocycles. The Labute approximate surface area is 116 Å². The number of nitrogen functional groups attached to an aromatic ring is 1. The molecule has 1 aromatic carbocycles. The topological polar surface area (TPSA) is 32.5 Å². The summed E-state index contributed by atoms with van der Waals surface area (Å²) >= 11 is 0. The Balaban J connectivity index is 1.87. The number of anilines is 1. The first kappa shape index (κ1) is 13.7. The molecule has 0 aromatic heterocycles. The number of hydrogen-bond donors (Lipinski definition) is 1. The van der Waals surface area contributed by atoms with Crippen molar-refractivity contribution in [3.05, 3.63) is 54.4 Å². The van der Waals surface area contributed by atoms with Crippen LogP contribution in [0.5, 0.6) is 0 Å². The Morgan fingerprint density at radius 3 is 2.63 bits per heavy atom. The van der Waals surface area contributed by atoms with Gasteiger partial charge in [0.15, 0.2) is 0 Å². The molecule has 0 aliphatic carbocycles. The Morgan fingerprint density at radius 1 is 1.26 bits per heavy atom. The van der Waals surface area contributed by atoms with Gasteiger partial charge in [0.2, 0.25) is 0 Å². The molecule has 2 N–H and O–H groups in total. The minimum absolute atomic E-state index is 0.833. The summed E-state index contributed by atoms with van der Waals surface area (Å²) in [6.45, 7) is 10.2. The highest BCUT2D eigenvalue weighted by Gasteiger charge is 2.17. The van der Waals surface area contributed by atoms with Gasteiger partial charge in [-0.25, -0.2) is 0 Å². The predicted octanol–water partition coefficient (Wildman–Crippen LogP) is 2.48. The van der Waals surface area contributed by atoms with Crippen LogP contribution in [0.2, 0.25) is 0 Å². The van der Waals surface area contributed by atoms with Gasteiger partial charge in [0.25, 0.3) is 0 Å². The molecule has 0 unspecified atom stereocenters. The lowest BCUT2D eigenvalue weighted by atomic mass is 10.1.